The first-order chi connectivity index (χ1) is 12.6. The molecule has 1 aliphatic heterocycles. The number of esters is 1. The fourth-order valence-corrected chi connectivity index (χ4v) is 3.89. The van der Waals surface area contributed by atoms with E-state index >= 15 is 0 Å². The molecule has 1 aromatic rings. The summed E-state index contributed by atoms with van der Waals surface area (Å²) in [6.45, 7) is 5.19. The molecular weight excluding hydrogens is 330 g/mol. The van der Waals surface area contributed by atoms with Crippen molar-refractivity contribution in [2.24, 2.45) is 5.92 Å². The number of likely N-dealkylation sites (tertiary alicyclic amines) is 1. The summed E-state index contributed by atoms with van der Waals surface area (Å²) < 4.78 is 11.0. The maximum atomic E-state index is 12.7. The molecule has 1 heterocycles. The number of fused-ring (bicyclic) bond motifs is 1. The number of nitrogens with zero attached hydrogens (tertiary/aromatic N) is 1. The molecule has 0 spiro atoms. The Morgan fingerprint density at radius 2 is 1.85 bits per heavy atom. The van der Waals surface area contributed by atoms with Crippen LogP contribution in [-0.4, -0.2) is 42.6 Å². The van der Waals surface area contributed by atoms with Gasteiger partial charge in [-0.3, -0.25) is 9.59 Å². The maximum absolute atomic E-state index is 12.7. The number of ether oxygens (including phenoxy) is 2. The first-order valence-electron chi connectivity index (χ1n) is 9.82. The summed E-state index contributed by atoms with van der Waals surface area (Å²) in [5.41, 5.74) is 2.76. The van der Waals surface area contributed by atoms with Gasteiger partial charge in [-0.15, -0.1) is 0 Å². The van der Waals surface area contributed by atoms with Crippen LogP contribution in [0.1, 0.15) is 50.7 Å². The molecule has 0 aromatic heterocycles. The smallest absolute Gasteiger partial charge is 0.309 e. The van der Waals surface area contributed by atoms with E-state index in [0.717, 1.165) is 18.6 Å². The quantitative estimate of drug-likeness (QED) is 0.758. The van der Waals surface area contributed by atoms with Crippen molar-refractivity contribution in [1.29, 1.82) is 0 Å². The normalized spacial score (nSPS) is 18.8. The summed E-state index contributed by atoms with van der Waals surface area (Å²) in [6, 6.07) is 6.19. The van der Waals surface area contributed by atoms with E-state index in [4.69, 9.17) is 9.47 Å². The maximum Gasteiger partial charge on any atom is 0.309 e. The van der Waals surface area contributed by atoms with Gasteiger partial charge in [-0.05, 0) is 75.6 Å². The molecule has 5 nitrogen and oxygen atoms in total. The van der Waals surface area contributed by atoms with Gasteiger partial charge in [0, 0.05) is 13.1 Å². The third-order valence-electron chi connectivity index (χ3n) is 5.41. The second-order valence-corrected chi connectivity index (χ2v) is 7.25. The first kappa shape index (κ1) is 18.7. The number of carbonyl (C=O) groups is 2. The zero-order valence-electron chi connectivity index (χ0n) is 15.8. The molecule has 5 heteroatoms. The number of rotatable bonds is 5. The van der Waals surface area contributed by atoms with Gasteiger partial charge in [-0.1, -0.05) is 6.07 Å². The molecule has 26 heavy (non-hydrogen) atoms. The monoisotopic (exact) mass is 359 g/mol. The molecule has 142 valence electrons. The Balaban J connectivity index is 1.53. The minimum atomic E-state index is -0.518. The minimum absolute atomic E-state index is 0.00923. The fourth-order valence-electron chi connectivity index (χ4n) is 3.89. The van der Waals surface area contributed by atoms with Gasteiger partial charge in [0.15, 0.2) is 6.10 Å². The van der Waals surface area contributed by atoms with Crippen molar-refractivity contribution >= 4 is 11.9 Å². The molecule has 0 bridgehead atoms. The van der Waals surface area contributed by atoms with E-state index < -0.39 is 6.10 Å². The van der Waals surface area contributed by atoms with Crippen molar-refractivity contribution in [3.05, 3.63) is 29.3 Å². The SMILES string of the molecule is CCOC(=O)C1CCN(C(=O)C(C)Oc2ccc3c(c2)CCCC3)CC1. The lowest BCUT2D eigenvalue weighted by Crippen LogP contribution is -2.45. The van der Waals surface area contributed by atoms with E-state index in [-0.39, 0.29) is 17.8 Å². The first-order valence-corrected chi connectivity index (χ1v) is 9.82. The summed E-state index contributed by atoms with van der Waals surface area (Å²) >= 11 is 0. The Kier molecular flexibility index (Phi) is 6.17. The summed E-state index contributed by atoms with van der Waals surface area (Å²) in [4.78, 5) is 26.3. The molecule has 1 fully saturated rings. The Labute approximate surface area is 155 Å². The average Bonchev–Trinajstić information content (AvgIpc) is 2.67. The highest BCUT2D eigenvalue weighted by Gasteiger charge is 2.30. The zero-order valence-corrected chi connectivity index (χ0v) is 15.8. The summed E-state index contributed by atoms with van der Waals surface area (Å²) in [5, 5.41) is 0. The molecule has 1 amide bonds. The molecule has 1 unspecified atom stereocenters. The van der Waals surface area contributed by atoms with Crippen LogP contribution in [0.2, 0.25) is 0 Å². The number of carbonyl (C=O) groups excluding carboxylic acids is 2. The fraction of sp³-hybridized carbons (Fsp3) is 0.619. The van der Waals surface area contributed by atoms with Crippen molar-refractivity contribution in [1.82, 2.24) is 4.90 Å². The van der Waals surface area contributed by atoms with E-state index in [9.17, 15) is 9.59 Å². The summed E-state index contributed by atoms with van der Waals surface area (Å²) in [5.74, 6) is 0.534. The van der Waals surface area contributed by atoms with Crippen LogP contribution in [0.5, 0.6) is 5.75 Å². The lowest BCUT2D eigenvalue weighted by molar-refractivity contribution is -0.152. The summed E-state index contributed by atoms with van der Waals surface area (Å²) in [7, 11) is 0. The van der Waals surface area contributed by atoms with Crippen molar-refractivity contribution in [2.45, 2.75) is 58.5 Å². The van der Waals surface area contributed by atoms with Gasteiger partial charge in [0.2, 0.25) is 0 Å². The highest BCUT2D eigenvalue weighted by Crippen LogP contribution is 2.26. The number of hydrogen-bond donors (Lipinski definition) is 0. The molecule has 0 N–H and O–H groups in total. The molecule has 1 saturated heterocycles. The largest absolute Gasteiger partial charge is 0.481 e. The number of piperidine rings is 1. The van der Waals surface area contributed by atoms with Gasteiger partial charge in [0.25, 0.3) is 5.91 Å². The van der Waals surface area contributed by atoms with Gasteiger partial charge in [-0.25, -0.2) is 0 Å². The van der Waals surface area contributed by atoms with Crippen molar-refractivity contribution < 1.29 is 19.1 Å². The number of aryl methyl sites for hydroxylation is 2. The Morgan fingerprint density at radius 3 is 2.54 bits per heavy atom. The van der Waals surface area contributed by atoms with Gasteiger partial charge >= 0.3 is 5.97 Å². The van der Waals surface area contributed by atoms with E-state index in [0.29, 0.717) is 32.5 Å². The molecule has 0 saturated carbocycles. The van der Waals surface area contributed by atoms with E-state index in [2.05, 4.69) is 12.1 Å². The highest BCUT2D eigenvalue weighted by molar-refractivity contribution is 5.81. The zero-order chi connectivity index (χ0) is 18.5. The van der Waals surface area contributed by atoms with Crippen LogP contribution in [0, 0.1) is 5.92 Å². The minimum Gasteiger partial charge on any atom is -0.481 e. The van der Waals surface area contributed by atoms with Crippen molar-refractivity contribution in [3.8, 4) is 5.75 Å². The van der Waals surface area contributed by atoms with Crippen molar-refractivity contribution in [2.75, 3.05) is 19.7 Å². The Morgan fingerprint density at radius 1 is 1.15 bits per heavy atom. The van der Waals surface area contributed by atoms with Crippen LogP contribution in [-0.2, 0) is 27.2 Å². The second kappa shape index (κ2) is 8.56. The number of benzene rings is 1. The van der Waals surface area contributed by atoms with E-state index in [1.54, 1.807) is 11.8 Å². The van der Waals surface area contributed by atoms with E-state index in [1.807, 2.05) is 13.0 Å². The molecule has 1 aromatic carbocycles. The van der Waals surface area contributed by atoms with Crippen LogP contribution in [0.25, 0.3) is 0 Å². The van der Waals surface area contributed by atoms with Crippen LogP contribution in [0.4, 0.5) is 0 Å². The predicted molar refractivity (Wildman–Crippen MR) is 99.1 cm³/mol. The second-order valence-electron chi connectivity index (χ2n) is 7.25. The Hall–Kier alpha value is -2.04. The molecular formula is C21H29NO4. The molecule has 2 aliphatic rings. The predicted octanol–water partition coefficient (Wildman–Crippen LogP) is 3.13. The summed E-state index contributed by atoms with van der Waals surface area (Å²) in [6.07, 6.45) is 5.52. The molecule has 1 atom stereocenters. The highest BCUT2D eigenvalue weighted by atomic mass is 16.5. The average molecular weight is 359 g/mol. The van der Waals surface area contributed by atoms with Gasteiger partial charge < -0.3 is 14.4 Å². The van der Waals surface area contributed by atoms with Crippen LogP contribution < -0.4 is 4.74 Å². The number of amides is 1. The Bertz CT molecular complexity index is 649. The third kappa shape index (κ3) is 4.37. The molecule has 0 radical (unpaired) electrons. The van der Waals surface area contributed by atoms with E-state index in [1.165, 1.54) is 24.0 Å². The van der Waals surface area contributed by atoms with Gasteiger partial charge in [0.05, 0.1) is 12.5 Å². The third-order valence-corrected chi connectivity index (χ3v) is 5.41. The molecule has 3 rings (SSSR count). The molecule has 1 aliphatic carbocycles. The van der Waals surface area contributed by atoms with Crippen molar-refractivity contribution in [3.63, 3.8) is 0 Å². The van der Waals surface area contributed by atoms with Gasteiger partial charge in [0.1, 0.15) is 5.75 Å². The van der Waals surface area contributed by atoms with Gasteiger partial charge in [-0.2, -0.15) is 0 Å². The van der Waals surface area contributed by atoms with Crippen LogP contribution >= 0.6 is 0 Å². The number of hydrogen-bond acceptors (Lipinski definition) is 4. The van der Waals surface area contributed by atoms with Crippen LogP contribution in [0.15, 0.2) is 18.2 Å². The lowest BCUT2D eigenvalue weighted by Gasteiger charge is -2.32. The van der Waals surface area contributed by atoms with Crippen LogP contribution in [0.3, 0.4) is 0 Å². The topological polar surface area (TPSA) is 55.8 Å². The lowest BCUT2D eigenvalue weighted by atomic mass is 9.92. The standard InChI is InChI=1S/C21H29NO4/c1-3-25-21(24)17-10-12-22(13-11-17)20(23)15(2)26-19-9-8-16-6-4-5-7-18(16)14-19/h8-9,14-15,17H,3-7,10-13H2,1-2H3.